The van der Waals surface area contributed by atoms with Gasteiger partial charge in [0.2, 0.25) is 11.7 Å². The summed E-state index contributed by atoms with van der Waals surface area (Å²) < 4.78 is 5.14. The quantitative estimate of drug-likeness (QED) is 0.637. The van der Waals surface area contributed by atoms with E-state index in [0.29, 0.717) is 11.3 Å². The van der Waals surface area contributed by atoms with E-state index in [-0.39, 0.29) is 24.7 Å². The van der Waals surface area contributed by atoms with Crippen molar-refractivity contribution in [1.82, 2.24) is 0 Å². The second-order valence-corrected chi connectivity index (χ2v) is 6.41. The normalized spacial score (nSPS) is 10.3. The first-order chi connectivity index (χ1) is 12.3. The van der Waals surface area contributed by atoms with Crippen molar-refractivity contribution in [2.24, 2.45) is 0 Å². The number of carbonyl (C=O) groups is 3. The van der Waals surface area contributed by atoms with Crippen LogP contribution in [0.15, 0.2) is 36.4 Å². The van der Waals surface area contributed by atoms with E-state index in [1.165, 1.54) is 6.92 Å². The van der Waals surface area contributed by atoms with E-state index in [9.17, 15) is 14.4 Å². The largest absolute Gasteiger partial charge is 0.457 e. The number of aryl methyl sites for hydroxylation is 3. The molecule has 0 fully saturated rings. The second-order valence-electron chi connectivity index (χ2n) is 6.41. The maximum absolute atomic E-state index is 12.4. The van der Waals surface area contributed by atoms with Gasteiger partial charge in [-0.2, -0.15) is 0 Å². The highest BCUT2D eigenvalue weighted by molar-refractivity contribution is 6.00. The molecule has 0 saturated heterocycles. The molecule has 5 nitrogen and oxygen atoms in total. The highest BCUT2D eigenvalue weighted by Gasteiger charge is 2.15. The van der Waals surface area contributed by atoms with Gasteiger partial charge < -0.3 is 10.1 Å². The Bertz CT molecular complexity index is 815. The summed E-state index contributed by atoms with van der Waals surface area (Å²) in [4.78, 5) is 35.4. The Hall–Kier alpha value is -2.95. The van der Waals surface area contributed by atoms with Crippen LogP contribution in [0.25, 0.3) is 0 Å². The maximum atomic E-state index is 12.4. The van der Waals surface area contributed by atoms with Gasteiger partial charge in [0.1, 0.15) is 0 Å². The summed E-state index contributed by atoms with van der Waals surface area (Å²) in [7, 11) is 0. The molecule has 26 heavy (non-hydrogen) atoms. The molecule has 2 aromatic rings. The van der Waals surface area contributed by atoms with E-state index >= 15 is 0 Å². The summed E-state index contributed by atoms with van der Waals surface area (Å²) in [6.07, 6.45) is 0.0689. The van der Waals surface area contributed by atoms with Crippen LogP contribution < -0.4 is 5.32 Å². The van der Waals surface area contributed by atoms with Crippen LogP contribution in [-0.4, -0.2) is 24.3 Å². The number of anilines is 1. The smallest absolute Gasteiger partial charge is 0.310 e. The van der Waals surface area contributed by atoms with Gasteiger partial charge in [-0.25, -0.2) is 0 Å². The first-order valence-corrected chi connectivity index (χ1v) is 8.39. The number of ether oxygens (including phenoxy) is 1. The van der Waals surface area contributed by atoms with Crippen molar-refractivity contribution >= 4 is 23.3 Å². The molecule has 1 amide bonds. The molecule has 0 aliphatic heterocycles. The van der Waals surface area contributed by atoms with Crippen LogP contribution in [0, 0.1) is 20.8 Å². The molecule has 0 spiro atoms. The molecule has 0 radical (unpaired) electrons. The SMILES string of the molecule is CC(=O)Nc1ccc(CC(=O)OCC(=O)c2c(C)cc(C)cc2C)cc1. The minimum Gasteiger partial charge on any atom is -0.457 e. The molecule has 1 N–H and O–H groups in total. The van der Waals surface area contributed by atoms with Gasteiger partial charge >= 0.3 is 5.97 Å². The van der Waals surface area contributed by atoms with Crippen LogP contribution in [0.2, 0.25) is 0 Å². The first kappa shape index (κ1) is 19.4. The third-order valence-electron chi connectivity index (χ3n) is 3.94. The van der Waals surface area contributed by atoms with Crippen molar-refractivity contribution in [2.75, 3.05) is 11.9 Å². The van der Waals surface area contributed by atoms with Crippen LogP contribution in [0.5, 0.6) is 0 Å². The number of amides is 1. The van der Waals surface area contributed by atoms with Crippen LogP contribution in [0.4, 0.5) is 5.69 Å². The summed E-state index contributed by atoms with van der Waals surface area (Å²) in [5.41, 5.74) is 4.89. The third-order valence-corrected chi connectivity index (χ3v) is 3.94. The zero-order chi connectivity index (χ0) is 19.3. The standard InChI is InChI=1S/C21H23NO4/c1-13-9-14(2)21(15(3)10-13)19(24)12-26-20(25)11-17-5-7-18(8-6-17)22-16(4)23/h5-10H,11-12H2,1-4H3,(H,22,23). The molecule has 0 saturated carbocycles. The van der Waals surface area contributed by atoms with Crippen molar-refractivity contribution in [3.8, 4) is 0 Å². The molecule has 0 heterocycles. The van der Waals surface area contributed by atoms with Gasteiger partial charge in [-0.3, -0.25) is 14.4 Å². The molecule has 0 aromatic heterocycles. The van der Waals surface area contributed by atoms with Crippen LogP contribution in [-0.2, 0) is 20.7 Å². The minimum atomic E-state index is -0.465. The van der Waals surface area contributed by atoms with Crippen molar-refractivity contribution < 1.29 is 19.1 Å². The van der Waals surface area contributed by atoms with Gasteiger partial charge in [0.25, 0.3) is 0 Å². The fourth-order valence-electron chi connectivity index (χ4n) is 2.96. The zero-order valence-corrected chi connectivity index (χ0v) is 15.5. The number of ketones is 1. The number of hydrogen-bond acceptors (Lipinski definition) is 4. The summed E-state index contributed by atoms with van der Waals surface area (Å²) in [5.74, 6) is -0.820. The van der Waals surface area contributed by atoms with E-state index < -0.39 is 5.97 Å². The number of carbonyl (C=O) groups excluding carboxylic acids is 3. The number of nitrogens with one attached hydrogen (secondary N) is 1. The molecule has 0 aliphatic carbocycles. The highest BCUT2D eigenvalue weighted by Crippen LogP contribution is 2.17. The lowest BCUT2D eigenvalue weighted by molar-refractivity contribution is -0.141. The molecular formula is C21H23NO4. The third kappa shape index (κ3) is 5.28. The monoisotopic (exact) mass is 353 g/mol. The van der Waals surface area contributed by atoms with Crippen LogP contribution in [0.1, 0.15) is 39.5 Å². The Balaban J connectivity index is 1.92. The molecule has 0 bridgehead atoms. The van der Waals surface area contributed by atoms with Gasteiger partial charge in [0.15, 0.2) is 6.61 Å². The van der Waals surface area contributed by atoms with Crippen LogP contribution in [0.3, 0.4) is 0 Å². The molecule has 0 atom stereocenters. The molecule has 5 heteroatoms. The van der Waals surface area contributed by atoms with Gasteiger partial charge in [-0.1, -0.05) is 29.8 Å². The number of esters is 1. The number of benzene rings is 2. The Labute approximate surface area is 153 Å². The number of hydrogen-bond donors (Lipinski definition) is 1. The lowest BCUT2D eigenvalue weighted by Crippen LogP contribution is -2.17. The van der Waals surface area contributed by atoms with Gasteiger partial charge in [-0.15, -0.1) is 0 Å². The first-order valence-electron chi connectivity index (χ1n) is 8.39. The Kier molecular flexibility index (Phi) is 6.28. The van der Waals surface area contributed by atoms with Crippen molar-refractivity contribution in [3.63, 3.8) is 0 Å². The summed E-state index contributed by atoms with van der Waals surface area (Å²) >= 11 is 0. The van der Waals surface area contributed by atoms with Crippen LogP contribution >= 0.6 is 0 Å². The Morgan fingerprint density at radius 2 is 1.54 bits per heavy atom. The fourth-order valence-corrected chi connectivity index (χ4v) is 2.96. The van der Waals surface area contributed by atoms with Crippen molar-refractivity contribution in [1.29, 1.82) is 0 Å². The summed E-state index contributed by atoms with van der Waals surface area (Å²) in [6.45, 7) is 6.90. The number of rotatable bonds is 6. The molecule has 2 rings (SSSR count). The molecule has 136 valence electrons. The van der Waals surface area contributed by atoms with Crippen molar-refractivity contribution in [3.05, 3.63) is 64.2 Å². The molecule has 0 aliphatic rings. The van der Waals surface area contributed by atoms with E-state index in [1.807, 2.05) is 32.9 Å². The molecule has 0 unspecified atom stereocenters. The molecular weight excluding hydrogens is 330 g/mol. The minimum absolute atomic E-state index is 0.0689. The topological polar surface area (TPSA) is 72.5 Å². The predicted octanol–water partition coefficient (Wildman–Crippen LogP) is 3.54. The van der Waals surface area contributed by atoms with E-state index in [4.69, 9.17) is 4.74 Å². The zero-order valence-electron chi connectivity index (χ0n) is 15.5. The van der Waals surface area contributed by atoms with Crippen molar-refractivity contribution in [2.45, 2.75) is 34.1 Å². The lowest BCUT2D eigenvalue weighted by atomic mass is 9.97. The van der Waals surface area contributed by atoms with E-state index in [0.717, 1.165) is 22.3 Å². The summed E-state index contributed by atoms with van der Waals surface area (Å²) in [5, 5.41) is 2.66. The average molecular weight is 353 g/mol. The summed E-state index contributed by atoms with van der Waals surface area (Å²) in [6, 6.07) is 10.8. The Morgan fingerprint density at radius 1 is 0.962 bits per heavy atom. The highest BCUT2D eigenvalue weighted by atomic mass is 16.5. The van der Waals surface area contributed by atoms with E-state index in [2.05, 4.69) is 5.32 Å². The predicted molar refractivity (Wildman–Crippen MR) is 100 cm³/mol. The Morgan fingerprint density at radius 3 is 2.08 bits per heavy atom. The lowest BCUT2D eigenvalue weighted by Gasteiger charge is -2.11. The van der Waals surface area contributed by atoms with Gasteiger partial charge in [-0.05, 0) is 49.6 Å². The van der Waals surface area contributed by atoms with Gasteiger partial charge in [0, 0.05) is 18.2 Å². The molecule has 2 aromatic carbocycles. The van der Waals surface area contributed by atoms with Gasteiger partial charge in [0.05, 0.1) is 6.42 Å². The maximum Gasteiger partial charge on any atom is 0.310 e. The second kappa shape index (κ2) is 8.43. The van der Waals surface area contributed by atoms with E-state index in [1.54, 1.807) is 24.3 Å². The average Bonchev–Trinajstić information content (AvgIpc) is 2.53. The fraction of sp³-hybridized carbons (Fsp3) is 0.286. The number of Topliss-reactive ketones (excluding diaryl/α,β-unsaturated/α-hetero) is 1.